The Morgan fingerprint density at radius 1 is 1.50 bits per heavy atom. The molecule has 0 bridgehead atoms. The molecular formula is C5H9N3OS. The van der Waals surface area contributed by atoms with E-state index in [-0.39, 0.29) is 5.91 Å². The topological polar surface area (TPSA) is 53.2 Å². The van der Waals surface area contributed by atoms with Crippen molar-refractivity contribution in [2.45, 2.75) is 19.4 Å². The molecule has 4 nitrogen and oxygen atoms in total. The van der Waals surface area contributed by atoms with Crippen LogP contribution in [0.4, 0.5) is 0 Å². The lowest BCUT2D eigenvalue weighted by Crippen LogP contribution is -2.67. The Labute approximate surface area is 64.3 Å². The van der Waals surface area contributed by atoms with E-state index in [9.17, 15) is 4.79 Å². The van der Waals surface area contributed by atoms with E-state index in [2.05, 4.69) is 28.4 Å². The van der Waals surface area contributed by atoms with Crippen LogP contribution in [0.3, 0.4) is 0 Å². The highest BCUT2D eigenvalue weighted by Gasteiger charge is 2.31. The molecule has 0 unspecified atom stereocenters. The predicted molar refractivity (Wildman–Crippen MR) is 41.1 cm³/mol. The molecule has 0 aromatic carbocycles. The maximum absolute atomic E-state index is 11.0. The van der Waals surface area contributed by atoms with Gasteiger partial charge in [0.1, 0.15) is 5.54 Å². The molecule has 0 aromatic rings. The summed E-state index contributed by atoms with van der Waals surface area (Å²) in [5.41, 5.74) is 4.83. The lowest BCUT2D eigenvalue weighted by Gasteiger charge is -2.30. The molecule has 1 aliphatic rings. The molecule has 1 aliphatic heterocycles. The van der Waals surface area contributed by atoms with Crippen molar-refractivity contribution in [3.63, 3.8) is 0 Å². The minimum atomic E-state index is -0.581. The zero-order valence-electron chi connectivity index (χ0n) is 5.82. The number of carbonyl (C=O) groups is 1. The van der Waals surface area contributed by atoms with Gasteiger partial charge in [-0.15, -0.1) is 0 Å². The average molecular weight is 159 g/mol. The molecular weight excluding hydrogens is 150 g/mol. The van der Waals surface area contributed by atoms with Crippen LogP contribution in [0.2, 0.25) is 0 Å². The summed E-state index contributed by atoms with van der Waals surface area (Å²) in [6.45, 7) is 3.52. The van der Waals surface area contributed by atoms with Crippen LogP contribution in [0.5, 0.6) is 0 Å². The molecule has 0 atom stereocenters. The van der Waals surface area contributed by atoms with Gasteiger partial charge in [-0.2, -0.15) is 0 Å². The first-order valence-electron chi connectivity index (χ1n) is 2.91. The first-order chi connectivity index (χ1) is 4.52. The highest BCUT2D eigenvalue weighted by atomic mass is 32.1. The number of thiocarbonyl (C=S) groups is 1. The number of rotatable bonds is 0. The Morgan fingerprint density at radius 3 is 2.50 bits per heavy atom. The molecule has 0 aliphatic carbocycles. The van der Waals surface area contributed by atoms with Crippen molar-refractivity contribution < 1.29 is 4.79 Å². The van der Waals surface area contributed by atoms with Gasteiger partial charge in [0.2, 0.25) is 5.91 Å². The summed E-state index contributed by atoms with van der Waals surface area (Å²) in [5.74, 6) is -0.115. The van der Waals surface area contributed by atoms with Gasteiger partial charge in [-0.3, -0.25) is 10.2 Å². The Hall–Kier alpha value is -0.680. The van der Waals surface area contributed by atoms with Gasteiger partial charge in [-0.05, 0) is 26.1 Å². The highest BCUT2D eigenvalue weighted by molar-refractivity contribution is 7.80. The zero-order chi connectivity index (χ0) is 7.78. The summed E-state index contributed by atoms with van der Waals surface area (Å²) >= 11 is 4.68. The van der Waals surface area contributed by atoms with E-state index in [1.807, 2.05) is 0 Å². The Balaban J connectivity index is 2.70. The molecule has 1 heterocycles. The number of carbonyl (C=O) groups excluding carboxylic acids is 1. The molecule has 5 heteroatoms. The van der Waals surface area contributed by atoms with Gasteiger partial charge < -0.3 is 5.32 Å². The van der Waals surface area contributed by atoms with Gasteiger partial charge in [0.05, 0.1) is 0 Å². The van der Waals surface area contributed by atoms with Gasteiger partial charge >= 0.3 is 0 Å². The van der Waals surface area contributed by atoms with Gasteiger partial charge in [0.25, 0.3) is 0 Å². The van der Waals surface area contributed by atoms with Crippen molar-refractivity contribution in [1.82, 2.24) is 16.2 Å². The highest BCUT2D eigenvalue weighted by Crippen LogP contribution is 2.02. The van der Waals surface area contributed by atoms with Crippen molar-refractivity contribution >= 4 is 23.2 Å². The summed E-state index contributed by atoms with van der Waals surface area (Å²) in [6.07, 6.45) is 0. The number of nitrogens with one attached hydrogen (secondary N) is 3. The quantitative estimate of drug-likeness (QED) is 0.408. The Kier molecular flexibility index (Phi) is 1.61. The van der Waals surface area contributed by atoms with E-state index in [1.54, 1.807) is 13.8 Å². The second-order valence-electron chi connectivity index (χ2n) is 2.66. The molecule has 0 saturated carbocycles. The minimum absolute atomic E-state index is 0.115. The lowest BCUT2D eigenvalue weighted by molar-refractivity contribution is -0.126. The van der Waals surface area contributed by atoms with Crippen LogP contribution < -0.4 is 16.2 Å². The van der Waals surface area contributed by atoms with Gasteiger partial charge in [-0.1, -0.05) is 0 Å². The van der Waals surface area contributed by atoms with Crippen molar-refractivity contribution in [2.75, 3.05) is 0 Å². The van der Waals surface area contributed by atoms with Gasteiger partial charge in [0.15, 0.2) is 5.11 Å². The second kappa shape index (κ2) is 2.17. The second-order valence-corrected chi connectivity index (χ2v) is 3.07. The summed E-state index contributed by atoms with van der Waals surface area (Å²) < 4.78 is 0. The van der Waals surface area contributed by atoms with Crippen LogP contribution >= 0.6 is 12.2 Å². The molecule has 1 amide bonds. The third kappa shape index (κ3) is 1.25. The number of hydrazine groups is 1. The third-order valence-corrected chi connectivity index (χ3v) is 1.49. The maximum Gasteiger partial charge on any atom is 0.247 e. The van der Waals surface area contributed by atoms with Gasteiger partial charge in [0, 0.05) is 0 Å². The van der Waals surface area contributed by atoms with Crippen LogP contribution in [-0.2, 0) is 4.79 Å². The van der Waals surface area contributed by atoms with Crippen LogP contribution in [0.15, 0.2) is 0 Å². The van der Waals surface area contributed by atoms with Crippen LogP contribution in [0.1, 0.15) is 13.8 Å². The van der Waals surface area contributed by atoms with Crippen molar-refractivity contribution in [3.05, 3.63) is 0 Å². The summed E-state index contributed by atoms with van der Waals surface area (Å²) in [4.78, 5) is 11.0. The summed E-state index contributed by atoms with van der Waals surface area (Å²) in [5, 5.41) is 2.81. The minimum Gasteiger partial charge on any atom is -0.300 e. The smallest absolute Gasteiger partial charge is 0.247 e. The molecule has 56 valence electrons. The molecule has 0 radical (unpaired) electrons. The van der Waals surface area contributed by atoms with Crippen LogP contribution in [-0.4, -0.2) is 16.6 Å². The van der Waals surface area contributed by atoms with E-state index >= 15 is 0 Å². The monoisotopic (exact) mass is 159 g/mol. The number of hydrogen-bond acceptors (Lipinski definition) is 3. The first-order valence-corrected chi connectivity index (χ1v) is 3.32. The number of amides is 1. The van der Waals surface area contributed by atoms with E-state index in [0.717, 1.165) is 0 Å². The molecule has 1 saturated heterocycles. The predicted octanol–water partition coefficient (Wildman–Crippen LogP) is -0.726. The van der Waals surface area contributed by atoms with Crippen LogP contribution in [0, 0.1) is 0 Å². The number of hydrogen-bond donors (Lipinski definition) is 3. The van der Waals surface area contributed by atoms with Crippen LogP contribution in [0.25, 0.3) is 0 Å². The van der Waals surface area contributed by atoms with Gasteiger partial charge in [-0.25, -0.2) is 5.43 Å². The van der Waals surface area contributed by atoms with E-state index in [4.69, 9.17) is 0 Å². The lowest BCUT2D eigenvalue weighted by atomic mass is 10.1. The van der Waals surface area contributed by atoms with E-state index in [1.165, 1.54) is 0 Å². The summed E-state index contributed by atoms with van der Waals surface area (Å²) in [7, 11) is 0. The first kappa shape index (κ1) is 7.43. The SMILES string of the molecule is CC1(C)NNC(=S)NC1=O. The molecule has 0 spiro atoms. The molecule has 1 rings (SSSR count). The molecule has 1 fully saturated rings. The fourth-order valence-corrected chi connectivity index (χ4v) is 0.704. The average Bonchev–Trinajstić information content (AvgIpc) is 1.81. The standard InChI is InChI=1S/C5H9N3OS/c1-5(2)3(9)6-4(10)7-8-5/h8H,1-2H3,(H2,6,7,9,10). The fourth-order valence-electron chi connectivity index (χ4n) is 0.560. The Bertz CT molecular complexity index is 189. The van der Waals surface area contributed by atoms with Crippen molar-refractivity contribution in [1.29, 1.82) is 0 Å². The Morgan fingerprint density at radius 2 is 2.10 bits per heavy atom. The van der Waals surface area contributed by atoms with Crippen molar-refractivity contribution in [3.8, 4) is 0 Å². The molecule has 0 aromatic heterocycles. The van der Waals surface area contributed by atoms with E-state index in [0.29, 0.717) is 5.11 Å². The fraction of sp³-hybridized carbons (Fsp3) is 0.600. The van der Waals surface area contributed by atoms with Crippen molar-refractivity contribution in [2.24, 2.45) is 0 Å². The maximum atomic E-state index is 11.0. The third-order valence-electron chi connectivity index (χ3n) is 1.28. The normalized spacial score (nSPS) is 23.4. The zero-order valence-corrected chi connectivity index (χ0v) is 6.63. The molecule has 10 heavy (non-hydrogen) atoms. The largest absolute Gasteiger partial charge is 0.300 e. The molecule has 3 N–H and O–H groups in total. The summed E-state index contributed by atoms with van der Waals surface area (Å²) in [6, 6.07) is 0. The van der Waals surface area contributed by atoms with E-state index < -0.39 is 5.54 Å².